The maximum atomic E-state index is 11.7. The summed E-state index contributed by atoms with van der Waals surface area (Å²) in [5.74, 6) is 1.21. The van der Waals surface area contributed by atoms with Gasteiger partial charge in [-0.2, -0.15) is 0 Å². The maximum Gasteiger partial charge on any atom is 0.138 e. The predicted molar refractivity (Wildman–Crippen MR) is 61.8 cm³/mol. The van der Waals surface area contributed by atoms with Gasteiger partial charge in [0, 0.05) is 34.6 Å². The molecule has 84 valence electrons. The minimum absolute atomic E-state index is 0.261. The molecule has 2 unspecified atom stereocenters. The Morgan fingerprint density at radius 2 is 1.86 bits per heavy atom. The quantitative estimate of drug-likeness (QED) is 0.710. The van der Waals surface area contributed by atoms with E-state index in [0.717, 1.165) is 6.42 Å². The van der Waals surface area contributed by atoms with Crippen LogP contribution in [0.4, 0.5) is 0 Å². The molecule has 0 rings (SSSR count). The fourth-order valence-corrected chi connectivity index (χ4v) is 2.24. The van der Waals surface area contributed by atoms with Crippen LogP contribution >= 0.6 is 0 Å². The van der Waals surface area contributed by atoms with Gasteiger partial charge in [0.2, 0.25) is 0 Å². The van der Waals surface area contributed by atoms with E-state index in [2.05, 4.69) is 0 Å². The van der Waals surface area contributed by atoms with Crippen LogP contribution in [0.15, 0.2) is 0 Å². The molecular formula is C11H22O2S. The average Bonchev–Trinajstić information content (AvgIpc) is 2.00. The SMILES string of the molecule is CCC(CC(=O)C(C)(C)C)CS(C)=O. The van der Waals surface area contributed by atoms with Crippen LogP contribution in [0.25, 0.3) is 0 Å². The van der Waals surface area contributed by atoms with Gasteiger partial charge < -0.3 is 0 Å². The van der Waals surface area contributed by atoms with Crippen molar-refractivity contribution in [3.05, 3.63) is 0 Å². The summed E-state index contributed by atoms with van der Waals surface area (Å²) in [6.45, 7) is 7.86. The van der Waals surface area contributed by atoms with Crippen LogP contribution < -0.4 is 0 Å². The Morgan fingerprint density at radius 3 is 2.14 bits per heavy atom. The number of hydrogen-bond donors (Lipinski definition) is 0. The standard InChI is InChI=1S/C11H22O2S/c1-6-9(8-14(5)13)7-10(12)11(2,3)4/h9H,6-8H2,1-5H3. The van der Waals surface area contributed by atoms with Crippen LogP contribution in [0, 0.1) is 11.3 Å². The molecule has 3 heteroatoms. The summed E-state index contributed by atoms with van der Waals surface area (Å²) in [6, 6.07) is 0. The molecule has 0 heterocycles. The number of Topliss-reactive ketones (excluding diaryl/α,β-unsaturated/α-hetero) is 1. The van der Waals surface area contributed by atoms with Crippen molar-refractivity contribution in [1.29, 1.82) is 0 Å². The van der Waals surface area contributed by atoms with Gasteiger partial charge in [-0.25, -0.2) is 0 Å². The molecule has 14 heavy (non-hydrogen) atoms. The summed E-state index contributed by atoms with van der Waals surface area (Å²) in [7, 11) is -0.791. The van der Waals surface area contributed by atoms with Gasteiger partial charge in [0.1, 0.15) is 5.78 Å². The Morgan fingerprint density at radius 1 is 1.36 bits per heavy atom. The van der Waals surface area contributed by atoms with Crippen molar-refractivity contribution in [1.82, 2.24) is 0 Å². The summed E-state index contributed by atoms with van der Waals surface area (Å²) in [5, 5.41) is 0. The van der Waals surface area contributed by atoms with Gasteiger partial charge in [-0.3, -0.25) is 9.00 Å². The van der Waals surface area contributed by atoms with E-state index in [4.69, 9.17) is 0 Å². The number of ketones is 1. The highest BCUT2D eigenvalue weighted by atomic mass is 32.2. The van der Waals surface area contributed by atoms with Gasteiger partial charge in [0.05, 0.1) is 0 Å². The van der Waals surface area contributed by atoms with Crippen molar-refractivity contribution in [3.63, 3.8) is 0 Å². The fraction of sp³-hybridized carbons (Fsp3) is 0.909. The molecule has 0 aromatic carbocycles. The molecule has 2 atom stereocenters. The summed E-state index contributed by atoms with van der Waals surface area (Å²) >= 11 is 0. The highest BCUT2D eigenvalue weighted by Crippen LogP contribution is 2.21. The van der Waals surface area contributed by atoms with Gasteiger partial charge in [-0.05, 0) is 5.92 Å². The molecule has 0 fully saturated rings. The average molecular weight is 218 g/mol. The number of hydrogen-bond acceptors (Lipinski definition) is 2. The molecular weight excluding hydrogens is 196 g/mol. The molecule has 2 nitrogen and oxygen atoms in total. The zero-order valence-corrected chi connectivity index (χ0v) is 10.7. The van der Waals surface area contributed by atoms with Crippen LogP contribution in [0.5, 0.6) is 0 Å². The van der Waals surface area contributed by atoms with Gasteiger partial charge in [0.25, 0.3) is 0 Å². The molecule has 0 saturated heterocycles. The van der Waals surface area contributed by atoms with E-state index < -0.39 is 10.8 Å². The first-order valence-electron chi connectivity index (χ1n) is 5.10. The van der Waals surface area contributed by atoms with E-state index >= 15 is 0 Å². The Balaban J connectivity index is 4.19. The number of rotatable bonds is 5. The van der Waals surface area contributed by atoms with E-state index in [0.29, 0.717) is 12.2 Å². The van der Waals surface area contributed by atoms with E-state index in [1.165, 1.54) is 0 Å². The third-order valence-electron chi connectivity index (χ3n) is 2.36. The van der Waals surface area contributed by atoms with Crippen LogP contribution in [0.3, 0.4) is 0 Å². The van der Waals surface area contributed by atoms with Gasteiger partial charge in [-0.15, -0.1) is 0 Å². The first kappa shape index (κ1) is 13.8. The molecule has 0 aliphatic heterocycles. The lowest BCUT2D eigenvalue weighted by molar-refractivity contribution is -0.127. The molecule has 0 aliphatic carbocycles. The van der Waals surface area contributed by atoms with Gasteiger partial charge in [0.15, 0.2) is 0 Å². The van der Waals surface area contributed by atoms with Crippen molar-refractivity contribution in [2.45, 2.75) is 40.5 Å². The van der Waals surface area contributed by atoms with Crippen LogP contribution in [-0.4, -0.2) is 22.0 Å². The first-order chi connectivity index (χ1) is 6.27. The molecule has 0 aromatic rings. The fourth-order valence-electron chi connectivity index (χ4n) is 1.22. The minimum Gasteiger partial charge on any atom is -0.299 e. The number of carbonyl (C=O) groups excluding carboxylic acids is 1. The Hall–Kier alpha value is -0.180. The molecule has 0 spiro atoms. The summed E-state index contributed by atoms with van der Waals surface area (Å²) in [5.41, 5.74) is -0.261. The summed E-state index contributed by atoms with van der Waals surface area (Å²) in [4.78, 5) is 11.7. The van der Waals surface area contributed by atoms with E-state index in [1.54, 1.807) is 6.26 Å². The topological polar surface area (TPSA) is 34.1 Å². The molecule has 0 N–H and O–H groups in total. The van der Waals surface area contributed by atoms with E-state index in [1.807, 2.05) is 27.7 Å². The molecule has 0 aromatic heterocycles. The van der Waals surface area contributed by atoms with Crippen molar-refractivity contribution >= 4 is 16.6 Å². The van der Waals surface area contributed by atoms with Crippen LogP contribution in [-0.2, 0) is 15.6 Å². The second kappa shape index (κ2) is 5.64. The lowest BCUT2D eigenvalue weighted by Crippen LogP contribution is -2.24. The molecule has 0 radical (unpaired) electrons. The lowest BCUT2D eigenvalue weighted by atomic mass is 9.85. The molecule has 0 aliphatic rings. The predicted octanol–water partition coefficient (Wildman–Crippen LogP) is 2.40. The Kier molecular flexibility index (Phi) is 5.57. The molecule has 0 amide bonds. The Bertz CT molecular complexity index is 216. The van der Waals surface area contributed by atoms with Crippen molar-refractivity contribution in [2.75, 3.05) is 12.0 Å². The second-order valence-corrected chi connectivity index (χ2v) is 6.37. The minimum atomic E-state index is -0.791. The molecule has 0 bridgehead atoms. The third kappa shape index (κ3) is 5.53. The van der Waals surface area contributed by atoms with E-state index in [9.17, 15) is 9.00 Å². The first-order valence-corrected chi connectivity index (χ1v) is 6.83. The Labute approximate surface area is 89.9 Å². The summed E-state index contributed by atoms with van der Waals surface area (Å²) < 4.78 is 11.0. The largest absolute Gasteiger partial charge is 0.299 e. The van der Waals surface area contributed by atoms with Gasteiger partial charge >= 0.3 is 0 Å². The number of carbonyl (C=O) groups is 1. The molecule has 0 saturated carbocycles. The zero-order valence-electron chi connectivity index (χ0n) is 9.92. The zero-order chi connectivity index (χ0) is 11.4. The van der Waals surface area contributed by atoms with Crippen LogP contribution in [0.1, 0.15) is 40.5 Å². The van der Waals surface area contributed by atoms with Gasteiger partial charge in [-0.1, -0.05) is 34.1 Å². The monoisotopic (exact) mass is 218 g/mol. The summed E-state index contributed by atoms with van der Waals surface area (Å²) in [6.07, 6.45) is 3.20. The normalized spacial score (nSPS) is 16.4. The second-order valence-electron chi connectivity index (χ2n) is 4.89. The lowest BCUT2D eigenvalue weighted by Gasteiger charge is -2.20. The highest BCUT2D eigenvalue weighted by Gasteiger charge is 2.24. The van der Waals surface area contributed by atoms with Crippen molar-refractivity contribution in [3.8, 4) is 0 Å². The highest BCUT2D eigenvalue weighted by molar-refractivity contribution is 7.84. The maximum absolute atomic E-state index is 11.7. The van der Waals surface area contributed by atoms with E-state index in [-0.39, 0.29) is 17.1 Å². The van der Waals surface area contributed by atoms with Crippen LogP contribution in [0.2, 0.25) is 0 Å². The van der Waals surface area contributed by atoms with Crippen molar-refractivity contribution in [2.24, 2.45) is 11.3 Å². The smallest absolute Gasteiger partial charge is 0.138 e. The van der Waals surface area contributed by atoms with Crippen molar-refractivity contribution < 1.29 is 9.00 Å². The third-order valence-corrected chi connectivity index (χ3v) is 3.30.